The van der Waals surface area contributed by atoms with Gasteiger partial charge in [0.2, 0.25) is 0 Å². The first-order valence-corrected chi connectivity index (χ1v) is 6.95. The molecule has 0 aliphatic carbocycles. The van der Waals surface area contributed by atoms with Crippen molar-refractivity contribution in [1.82, 2.24) is 5.32 Å². The summed E-state index contributed by atoms with van der Waals surface area (Å²) in [7, 11) is 0. The summed E-state index contributed by atoms with van der Waals surface area (Å²) < 4.78 is 0. The lowest BCUT2D eigenvalue weighted by molar-refractivity contribution is -0.141. The molecule has 1 unspecified atom stereocenters. The van der Waals surface area contributed by atoms with E-state index in [1.165, 1.54) is 11.3 Å². The van der Waals surface area contributed by atoms with Gasteiger partial charge in [0.25, 0.3) is 0 Å². The average molecular weight is 298 g/mol. The molecule has 110 valence electrons. The summed E-state index contributed by atoms with van der Waals surface area (Å²) in [6.45, 7) is 5.12. The van der Waals surface area contributed by atoms with Crippen LogP contribution in [0.4, 0.5) is 9.80 Å². The van der Waals surface area contributed by atoms with Crippen molar-refractivity contribution in [1.29, 1.82) is 0 Å². The number of ketones is 1. The predicted octanol–water partition coefficient (Wildman–Crippen LogP) is 2.33. The molecule has 7 heteroatoms. The van der Waals surface area contributed by atoms with Crippen LogP contribution in [-0.2, 0) is 9.59 Å². The molecular weight excluding hydrogens is 280 g/mol. The molecule has 0 aliphatic heterocycles. The van der Waals surface area contributed by atoms with Crippen molar-refractivity contribution < 1.29 is 19.5 Å². The third kappa shape index (κ3) is 5.00. The topological polar surface area (TPSA) is 95.5 Å². The second-order valence-electron chi connectivity index (χ2n) is 5.34. The lowest BCUT2D eigenvalue weighted by Gasteiger charge is -2.20. The number of carbonyl (C=O) groups is 3. The molecule has 20 heavy (non-hydrogen) atoms. The van der Waals surface area contributed by atoms with Gasteiger partial charge in [0, 0.05) is 11.8 Å². The molecule has 3 N–H and O–H groups in total. The van der Waals surface area contributed by atoms with E-state index in [-0.39, 0.29) is 12.2 Å². The molecule has 1 heterocycles. The zero-order chi connectivity index (χ0) is 15.3. The largest absolute Gasteiger partial charge is 0.480 e. The molecule has 0 aromatic carbocycles. The molecule has 1 atom stereocenters. The molecule has 1 aromatic heterocycles. The van der Waals surface area contributed by atoms with Crippen LogP contribution in [0.15, 0.2) is 17.5 Å². The van der Waals surface area contributed by atoms with Gasteiger partial charge < -0.3 is 10.4 Å². The number of amides is 2. The van der Waals surface area contributed by atoms with Crippen LogP contribution in [0.2, 0.25) is 0 Å². The summed E-state index contributed by atoms with van der Waals surface area (Å²) in [4.78, 5) is 34.6. The second kappa shape index (κ2) is 6.51. The summed E-state index contributed by atoms with van der Waals surface area (Å²) in [5, 5.41) is 16.3. The van der Waals surface area contributed by atoms with E-state index in [0.717, 1.165) is 0 Å². The molecule has 0 radical (unpaired) electrons. The number of nitrogens with one attached hydrogen (secondary N) is 2. The maximum Gasteiger partial charge on any atom is 0.326 e. The highest BCUT2D eigenvalue weighted by Crippen LogP contribution is 2.18. The van der Waals surface area contributed by atoms with Gasteiger partial charge in [-0.25, -0.2) is 9.59 Å². The number of hydrogen-bond acceptors (Lipinski definition) is 4. The van der Waals surface area contributed by atoms with E-state index >= 15 is 0 Å². The van der Waals surface area contributed by atoms with E-state index in [1.807, 2.05) is 0 Å². The fourth-order valence-electron chi connectivity index (χ4n) is 1.35. The Morgan fingerprint density at radius 1 is 1.35 bits per heavy atom. The third-order valence-electron chi connectivity index (χ3n) is 2.59. The minimum atomic E-state index is -1.23. The number of anilines is 1. The number of hydrogen-bond donors (Lipinski definition) is 3. The summed E-state index contributed by atoms with van der Waals surface area (Å²) in [6.07, 6.45) is -0.239. The summed E-state index contributed by atoms with van der Waals surface area (Å²) >= 11 is 1.32. The fraction of sp³-hybridized carbons (Fsp3) is 0.462. The predicted molar refractivity (Wildman–Crippen MR) is 77.0 cm³/mol. The second-order valence-corrected chi connectivity index (χ2v) is 6.29. The van der Waals surface area contributed by atoms with Crippen molar-refractivity contribution in [3.05, 3.63) is 17.5 Å². The molecule has 0 saturated carbocycles. The number of carboxylic acid groups (broad SMARTS) is 1. The van der Waals surface area contributed by atoms with Crippen LogP contribution in [0.5, 0.6) is 0 Å². The molecule has 0 spiro atoms. The SMILES string of the molecule is CC(C)(C)C(=O)CC(NC(=O)Nc1cccs1)C(=O)O. The highest BCUT2D eigenvalue weighted by Gasteiger charge is 2.29. The van der Waals surface area contributed by atoms with E-state index < -0.39 is 23.5 Å². The number of thiophene rings is 1. The van der Waals surface area contributed by atoms with Gasteiger partial charge in [-0.1, -0.05) is 20.8 Å². The number of urea groups is 1. The number of Topliss-reactive ketones (excluding diaryl/α,β-unsaturated/α-hetero) is 1. The Labute approximate surface area is 121 Å². The van der Waals surface area contributed by atoms with E-state index in [9.17, 15) is 14.4 Å². The van der Waals surface area contributed by atoms with Crippen molar-refractivity contribution in [2.75, 3.05) is 5.32 Å². The molecule has 1 aromatic rings. The Morgan fingerprint density at radius 3 is 2.45 bits per heavy atom. The smallest absolute Gasteiger partial charge is 0.326 e. The van der Waals surface area contributed by atoms with Crippen molar-refractivity contribution in [3.8, 4) is 0 Å². The molecule has 2 amide bonds. The maximum absolute atomic E-state index is 11.8. The van der Waals surface area contributed by atoms with Crippen molar-refractivity contribution in [2.24, 2.45) is 5.41 Å². The minimum absolute atomic E-state index is 0.221. The number of carbonyl (C=O) groups excluding carboxylic acids is 2. The average Bonchev–Trinajstić information content (AvgIpc) is 2.79. The van der Waals surface area contributed by atoms with Crippen molar-refractivity contribution >= 4 is 34.1 Å². The lowest BCUT2D eigenvalue weighted by Crippen LogP contribution is -2.45. The van der Waals surface area contributed by atoms with Crippen molar-refractivity contribution in [2.45, 2.75) is 33.2 Å². The van der Waals surface area contributed by atoms with E-state index in [2.05, 4.69) is 10.6 Å². The third-order valence-corrected chi connectivity index (χ3v) is 3.37. The van der Waals surface area contributed by atoms with Gasteiger partial charge >= 0.3 is 12.0 Å². The van der Waals surface area contributed by atoms with E-state index in [1.54, 1.807) is 38.3 Å². The Hall–Kier alpha value is -1.89. The molecule has 0 aliphatic rings. The highest BCUT2D eigenvalue weighted by atomic mass is 32.1. The fourth-order valence-corrected chi connectivity index (χ4v) is 1.96. The maximum atomic E-state index is 11.8. The number of carboxylic acids is 1. The Balaban J connectivity index is 2.61. The zero-order valence-electron chi connectivity index (χ0n) is 11.6. The Morgan fingerprint density at radius 2 is 2.00 bits per heavy atom. The number of aliphatic carboxylic acids is 1. The lowest BCUT2D eigenvalue weighted by atomic mass is 9.87. The summed E-state index contributed by atoms with van der Waals surface area (Å²) in [5.74, 6) is -1.45. The van der Waals surface area contributed by atoms with Crippen LogP contribution in [0.25, 0.3) is 0 Å². The molecular formula is C13H18N2O4S. The van der Waals surface area contributed by atoms with Crippen LogP contribution in [0, 0.1) is 5.41 Å². The summed E-state index contributed by atoms with van der Waals surface area (Å²) in [6, 6.07) is 1.58. The molecule has 0 bridgehead atoms. The van der Waals surface area contributed by atoms with Gasteiger partial charge in [0.05, 0.1) is 5.00 Å². The first kappa shape index (κ1) is 16.2. The number of rotatable bonds is 5. The van der Waals surface area contributed by atoms with Gasteiger partial charge in [-0.2, -0.15) is 0 Å². The standard InChI is InChI=1S/C13H18N2O4S/c1-13(2,3)9(16)7-8(11(17)18)14-12(19)15-10-5-4-6-20-10/h4-6,8H,7H2,1-3H3,(H,17,18)(H2,14,15,19). The van der Waals surface area contributed by atoms with Crippen LogP contribution < -0.4 is 10.6 Å². The van der Waals surface area contributed by atoms with Gasteiger partial charge in [0.15, 0.2) is 0 Å². The molecule has 0 fully saturated rings. The van der Waals surface area contributed by atoms with Crippen LogP contribution in [-0.4, -0.2) is 28.9 Å². The highest BCUT2D eigenvalue weighted by molar-refractivity contribution is 7.14. The molecule has 0 saturated heterocycles. The molecule has 1 rings (SSSR count). The van der Waals surface area contributed by atoms with E-state index in [0.29, 0.717) is 5.00 Å². The normalized spacial score (nSPS) is 12.6. The van der Waals surface area contributed by atoms with Crippen LogP contribution >= 0.6 is 11.3 Å². The van der Waals surface area contributed by atoms with Crippen LogP contribution in [0.3, 0.4) is 0 Å². The molecule has 6 nitrogen and oxygen atoms in total. The van der Waals surface area contributed by atoms with Crippen molar-refractivity contribution in [3.63, 3.8) is 0 Å². The van der Waals surface area contributed by atoms with Gasteiger partial charge in [0.1, 0.15) is 11.8 Å². The van der Waals surface area contributed by atoms with E-state index in [4.69, 9.17) is 5.11 Å². The quantitative estimate of drug-likeness (QED) is 0.777. The first-order chi connectivity index (χ1) is 9.20. The summed E-state index contributed by atoms with van der Waals surface area (Å²) in [5.41, 5.74) is -0.639. The Kier molecular flexibility index (Phi) is 5.26. The zero-order valence-corrected chi connectivity index (χ0v) is 12.4. The van der Waals surface area contributed by atoms with Gasteiger partial charge in [-0.3, -0.25) is 10.1 Å². The Bertz CT molecular complexity index is 491. The van der Waals surface area contributed by atoms with Gasteiger partial charge in [-0.15, -0.1) is 11.3 Å². The first-order valence-electron chi connectivity index (χ1n) is 6.07. The minimum Gasteiger partial charge on any atom is -0.480 e. The van der Waals surface area contributed by atoms with Crippen LogP contribution in [0.1, 0.15) is 27.2 Å². The van der Waals surface area contributed by atoms with Gasteiger partial charge in [-0.05, 0) is 17.5 Å². The monoisotopic (exact) mass is 298 g/mol.